The lowest BCUT2D eigenvalue weighted by Gasteiger charge is -2.30. The van der Waals surface area contributed by atoms with Crippen LogP contribution in [0.5, 0.6) is 0 Å². The van der Waals surface area contributed by atoms with E-state index in [1.807, 2.05) is 33.3 Å². The number of carbonyl (C=O) groups excluding carboxylic acids is 2. The Bertz CT molecular complexity index is 1500. The van der Waals surface area contributed by atoms with Crippen LogP contribution in [0.25, 0.3) is 0 Å². The third kappa shape index (κ3) is 58.2. The lowest BCUT2D eigenvalue weighted by molar-refractivity contribution is -0.870. The molecule has 3 atom stereocenters. The minimum Gasteiger partial charge on any atom is -0.756 e. The molecule has 3 unspecified atom stereocenters. The Labute approximate surface area is 477 Å². The highest BCUT2D eigenvalue weighted by Gasteiger charge is 2.27. The molecule has 0 aromatic rings. The van der Waals surface area contributed by atoms with Gasteiger partial charge in [-0.1, -0.05) is 255 Å². The quantitative estimate of drug-likeness (QED) is 0.0212. The maximum atomic E-state index is 13.6. The van der Waals surface area contributed by atoms with Gasteiger partial charge in [0.25, 0.3) is 7.82 Å². The normalized spacial score (nSPS) is 14.0. The number of hydrogen-bond acceptors (Lipinski definition) is 7. The Morgan fingerprint density at radius 1 is 0.455 bits per heavy atom. The number of amides is 1. The lowest BCUT2D eigenvalue weighted by Crippen LogP contribution is -2.47. The van der Waals surface area contributed by atoms with E-state index < -0.39 is 26.6 Å². The Balaban J connectivity index is 5.13. The number of allylic oxidation sites excluding steroid dienone is 9. The fourth-order valence-electron chi connectivity index (χ4n) is 9.35. The topological polar surface area (TPSA) is 114 Å². The number of quaternary nitrogens is 1. The van der Waals surface area contributed by atoms with E-state index in [0.29, 0.717) is 23.9 Å². The number of nitrogens with zero attached hydrogens (tertiary/aromatic N) is 1. The highest BCUT2D eigenvalue weighted by molar-refractivity contribution is 7.45. The first kappa shape index (κ1) is 74.7. The van der Waals surface area contributed by atoms with E-state index in [9.17, 15) is 19.0 Å². The summed E-state index contributed by atoms with van der Waals surface area (Å²) in [6.07, 6.45) is 71.9. The van der Waals surface area contributed by atoms with Crippen molar-refractivity contribution in [2.45, 2.75) is 315 Å². The van der Waals surface area contributed by atoms with Gasteiger partial charge in [0.1, 0.15) is 19.3 Å². The fourth-order valence-corrected chi connectivity index (χ4v) is 10.1. The van der Waals surface area contributed by atoms with Crippen molar-refractivity contribution < 1.29 is 37.3 Å². The summed E-state index contributed by atoms with van der Waals surface area (Å²) in [5, 5.41) is 3.03. The maximum absolute atomic E-state index is 13.6. The van der Waals surface area contributed by atoms with E-state index >= 15 is 0 Å². The van der Waals surface area contributed by atoms with Crippen LogP contribution in [-0.4, -0.2) is 69.4 Å². The number of likely N-dealkylation sites (N-methyl/N-ethyl adjacent to an activating group) is 1. The summed E-state index contributed by atoms with van der Waals surface area (Å²) >= 11 is 0. The Hall–Kier alpha value is -2.29. The van der Waals surface area contributed by atoms with Crippen LogP contribution in [-0.2, 0) is 27.9 Å². The first-order chi connectivity index (χ1) is 37.4. The van der Waals surface area contributed by atoms with Gasteiger partial charge in [0.05, 0.1) is 33.8 Å². The standard InChI is InChI=1S/C67H125N2O7P/c1-7-10-13-16-19-22-25-28-29-30-31-32-33-34-35-36-37-38-39-42-44-47-50-53-56-59-66(70)68-64(63-75-77(72,73)74-62-61-69(4,5)6)65(58-55-52-49-46-43-40-26-23-20-17-14-11-8-2)76-67(71)60-57-54-51-48-45-41-27-24-21-18-15-12-9-3/h19,22,28-29,31-32,41,45,55,58,64-65H,7-18,20-21,23-27,30,33-40,42-44,46-54,56-57,59-63H2,1-6H3,(H-,68,70,72,73)/b22-19-,29-28-,32-31-,45-41-,58-55-. The van der Waals surface area contributed by atoms with Gasteiger partial charge in [-0.2, -0.15) is 0 Å². The predicted octanol–water partition coefficient (Wildman–Crippen LogP) is 19.6. The fraction of sp³-hybridized carbons (Fsp3) is 0.821. The van der Waals surface area contributed by atoms with E-state index in [1.165, 1.54) is 186 Å². The van der Waals surface area contributed by atoms with Crippen molar-refractivity contribution in [1.29, 1.82) is 0 Å². The van der Waals surface area contributed by atoms with Crippen molar-refractivity contribution >= 4 is 19.7 Å². The number of esters is 1. The van der Waals surface area contributed by atoms with Gasteiger partial charge in [0, 0.05) is 12.8 Å². The molecule has 0 heterocycles. The van der Waals surface area contributed by atoms with E-state index in [0.717, 1.165) is 77.0 Å². The van der Waals surface area contributed by atoms with Crippen LogP contribution in [0.4, 0.5) is 0 Å². The highest BCUT2D eigenvalue weighted by Crippen LogP contribution is 2.38. The smallest absolute Gasteiger partial charge is 0.306 e. The molecule has 1 amide bonds. The second kappa shape index (κ2) is 57.0. The molecule has 0 bridgehead atoms. The molecule has 450 valence electrons. The largest absolute Gasteiger partial charge is 0.756 e. The van der Waals surface area contributed by atoms with Crippen LogP contribution < -0.4 is 10.2 Å². The van der Waals surface area contributed by atoms with E-state index in [-0.39, 0.29) is 24.9 Å². The van der Waals surface area contributed by atoms with Crippen LogP contribution in [0, 0.1) is 0 Å². The van der Waals surface area contributed by atoms with Crippen LogP contribution in [0.1, 0.15) is 303 Å². The molecule has 0 fully saturated rings. The monoisotopic (exact) mass is 1100 g/mol. The summed E-state index contributed by atoms with van der Waals surface area (Å²) in [6.45, 7) is 6.82. The summed E-state index contributed by atoms with van der Waals surface area (Å²) in [7, 11) is 1.18. The molecule has 0 aliphatic heterocycles. The van der Waals surface area contributed by atoms with Crippen LogP contribution in [0.15, 0.2) is 60.8 Å². The first-order valence-corrected chi connectivity index (χ1v) is 34.1. The van der Waals surface area contributed by atoms with Gasteiger partial charge >= 0.3 is 5.97 Å². The van der Waals surface area contributed by atoms with E-state index in [2.05, 4.69) is 74.7 Å². The van der Waals surface area contributed by atoms with Gasteiger partial charge in [-0.3, -0.25) is 14.2 Å². The third-order valence-electron chi connectivity index (χ3n) is 14.4. The van der Waals surface area contributed by atoms with Gasteiger partial charge in [-0.25, -0.2) is 0 Å². The third-order valence-corrected chi connectivity index (χ3v) is 15.4. The van der Waals surface area contributed by atoms with Gasteiger partial charge in [0.15, 0.2) is 0 Å². The molecule has 0 saturated carbocycles. The molecular formula is C67H125N2O7P. The summed E-state index contributed by atoms with van der Waals surface area (Å²) in [5.74, 6) is -0.555. The summed E-state index contributed by atoms with van der Waals surface area (Å²) < 4.78 is 30.3. The van der Waals surface area contributed by atoms with Crippen LogP contribution >= 0.6 is 7.82 Å². The number of ether oxygens (including phenoxy) is 1. The van der Waals surface area contributed by atoms with E-state index in [4.69, 9.17) is 13.8 Å². The minimum absolute atomic E-state index is 0.0251. The van der Waals surface area contributed by atoms with Gasteiger partial charge in [0.2, 0.25) is 5.91 Å². The van der Waals surface area contributed by atoms with Crippen molar-refractivity contribution in [3.63, 3.8) is 0 Å². The summed E-state index contributed by atoms with van der Waals surface area (Å²) in [6, 6.07) is -0.895. The Kier molecular flexibility index (Phi) is 55.3. The predicted molar refractivity (Wildman–Crippen MR) is 330 cm³/mol. The molecular weight excluding hydrogens is 976 g/mol. The molecule has 0 saturated heterocycles. The SMILES string of the molecule is CCCCC/C=C\C/C=C\C/C=C\CCCCCCCCCCCCCCC(=O)NC(COP(=O)([O-])OCC[N+](C)(C)C)C(/C=C\CCCCCCCCCCCCC)OC(=O)CCCCC/C=C\CCCCCCCC. The number of carbonyl (C=O) groups is 2. The van der Waals surface area contributed by atoms with Crippen LogP contribution in [0.3, 0.4) is 0 Å². The molecule has 77 heavy (non-hydrogen) atoms. The number of rotatable bonds is 59. The summed E-state index contributed by atoms with van der Waals surface area (Å²) in [4.78, 5) is 40.0. The Morgan fingerprint density at radius 3 is 1.23 bits per heavy atom. The molecule has 0 aliphatic carbocycles. The van der Waals surface area contributed by atoms with Crippen molar-refractivity contribution in [3.05, 3.63) is 60.8 Å². The number of nitrogens with one attached hydrogen (secondary N) is 1. The summed E-state index contributed by atoms with van der Waals surface area (Å²) in [5.41, 5.74) is 0. The van der Waals surface area contributed by atoms with E-state index in [1.54, 1.807) is 0 Å². The second-order valence-corrected chi connectivity index (χ2v) is 24.7. The molecule has 1 N–H and O–H groups in total. The van der Waals surface area contributed by atoms with Crippen molar-refractivity contribution in [1.82, 2.24) is 5.32 Å². The zero-order valence-electron chi connectivity index (χ0n) is 51.4. The van der Waals surface area contributed by atoms with Crippen molar-refractivity contribution in [3.8, 4) is 0 Å². The van der Waals surface area contributed by atoms with Crippen molar-refractivity contribution in [2.24, 2.45) is 0 Å². The molecule has 0 spiro atoms. The first-order valence-electron chi connectivity index (χ1n) is 32.6. The number of hydrogen-bond donors (Lipinski definition) is 1. The maximum Gasteiger partial charge on any atom is 0.306 e. The minimum atomic E-state index is -4.70. The lowest BCUT2D eigenvalue weighted by atomic mass is 10.0. The molecule has 10 heteroatoms. The molecule has 0 aliphatic rings. The zero-order chi connectivity index (χ0) is 56.4. The average Bonchev–Trinajstić information content (AvgIpc) is 3.39. The molecule has 0 aromatic carbocycles. The highest BCUT2D eigenvalue weighted by atomic mass is 31.2. The van der Waals surface area contributed by atoms with Crippen molar-refractivity contribution in [2.75, 3.05) is 40.9 Å². The number of phosphoric ester groups is 1. The molecule has 0 rings (SSSR count). The number of unbranched alkanes of at least 4 members (excludes halogenated alkanes) is 35. The van der Waals surface area contributed by atoms with Gasteiger partial charge in [-0.05, 0) is 96.0 Å². The molecule has 9 nitrogen and oxygen atoms in total. The molecule has 0 aromatic heterocycles. The van der Waals surface area contributed by atoms with Crippen LogP contribution in [0.2, 0.25) is 0 Å². The average molecular weight is 1100 g/mol. The second-order valence-electron chi connectivity index (χ2n) is 23.3. The Morgan fingerprint density at radius 2 is 0.792 bits per heavy atom. The molecule has 0 radical (unpaired) electrons. The van der Waals surface area contributed by atoms with Gasteiger partial charge in [-0.15, -0.1) is 0 Å². The number of phosphoric acid groups is 1. The zero-order valence-corrected chi connectivity index (χ0v) is 52.3. The van der Waals surface area contributed by atoms with Gasteiger partial charge < -0.3 is 28.5 Å².